The van der Waals surface area contributed by atoms with Crippen molar-refractivity contribution in [1.82, 2.24) is 20.4 Å². The Morgan fingerprint density at radius 2 is 2.17 bits per heavy atom. The second kappa shape index (κ2) is 4.47. The van der Waals surface area contributed by atoms with Gasteiger partial charge in [-0.15, -0.1) is 0 Å². The zero-order valence-corrected chi connectivity index (χ0v) is 9.83. The van der Waals surface area contributed by atoms with E-state index in [2.05, 4.69) is 20.4 Å². The van der Waals surface area contributed by atoms with E-state index in [1.54, 1.807) is 12.4 Å². The third-order valence-electron chi connectivity index (χ3n) is 3.17. The molecule has 0 bridgehead atoms. The quantitative estimate of drug-likeness (QED) is 0.811. The van der Waals surface area contributed by atoms with Crippen LogP contribution in [0, 0.1) is 0 Å². The van der Waals surface area contributed by atoms with Gasteiger partial charge in [0.05, 0.1) is 0 Å². The molecular formula is C12H14N4O2. The SMILES string of the molecule is OC1(c2nc(-c3cccnc3)no2)CCNCC1. The summed E-state index contributed by atoms with van der Waals surface area (Å²) in [5, 5.41) is 17.5. The Morgan fingerprint density at radius 3 is 2.89 bits per heavy atom. The van der Waals surface area contributed by atoms with E-state index in [9.17, 15) is 5.11 Å². The Balaban J connectivity index is 1.89. The Kier molecular flexibility index (Phi) is 2.81. The van der Waals surface area contributed by atoms with Gasteiger partial charge in [0.2, 0.25) is 5.82 Å². The van der Waals surface area contributed by atoms with Crippen LogP contribution < -0.4 is 5.32 Å². The van der Waals surface area contributed by atoms with E-state index in [1.807, 2.05) is 12.1 Å². The lowest BCUT2D eigenvalue weighted by Crippen LogP contribution is -2.39. The number of aromatic nitrogens is 3. The van der Waals surface area contributed by atoms with Crippen LogP contribution in [-0.4, -0.2) is 33.3 Å². The number of piperidine rings is 1. The third kappa shape index (κ3) is 2.00. The van der Waals surface area contributed by atoms with Crippen LogP contribution in [0.5, 0.6) is 0 Å². The van der Waals surface area contributed by atoms with E-state index in [1.165, 1.54) is 0 Å². The summed E-state index contributed by atoms with van der Waals surface area (Å²) in [5.74, 6) is 0.757. The van der Waals surface area contributed by atoms with E-state index >= 15 is 0 Å². The van der Waals surface area contributed by atoms with Crippen LogP contribution in [-0.2, 0) is 5.60 Å². The van der Waals surface area contributed by atoms with Gasteiger partial charge in [-0.25, -0.2) is 0 Å². The van der Waals surface area contributed by atoms with Crippen LogP contribution in [0.1, 0.15) is 18.7 Å². The molecule has 0 saturated carbocycles. The molecule has 0 aromatic carbocycles. The fourth-order valence-corrected chi connectivity index (χ4v) is 2.08. The zero-order chi connectivity index (χ0) is 12.4. The van der Waals surface area contributed by atoms with Gasteiger partial charge in [-0.05, 0) is 38.1 Å². The minimum absolute atomic E-state index is 0.294. The first-order valence-corrected chi connectivity index (χ1v) is 5.96. The normalized spacial score (nSPS) is 18.7. The van der Waals surface area contributed by atoms with Crippen molar-refractivity contribution in [2.45, 2.75) is 18.4 Å². The fraction of sp³-hybridized carbons (Fsp3) is 0.417. The predicted molar refractivity (Wildman–Crippen MR) is 63.5 cm³/mol. The first-order valence-electron chi connectivity index (χ1n) is 5.96. The second-order valence-electron chi connectivity index (χ2n) is 4.45. The van der Waals surface area contributed by atoms with Gasteiger partial charge in [0.15, 0.2) is 0 Å². The lowest BCUT2D eigenvalue weighted by molar-refractivity contribution is -0.0228. The summed E-state index contributed by atoms with van der Waals surface area (Å²) >= 11 is 0. The van der Waals surface area contributed by atoms with Crippen LogP contribution in [0.25, 0.3) is 11.4 Å². The molecule has 0 amide bonds. The number of nitrogens with zero attached hydrogens (tertiary/aromatic N) is 3. The van der Waals surface area contributed by atoms with Crippen LogP contribution in [0.3, 0.4) is 0 Å². The Bertz CT molecular complexity index is 520. The van der Waals surface area contributed by atoms with Gasteiger partial charge in [-0.2, -0.15) is 4.98 Å². The Hall–Kier alpha value is -1.79. The molecule has 1 fully saturated rings. The second-order valence-corrected chi connectivity index (χ2v) is 4.45. The zero-order valence-electron chi connectivity index (χ0n) is 9.83. The molecular weight excluding hydrogens is 232 g/mol. The summed E-state index contributed by atoms with van der Waals surface area (Å²) in [6.07, 6.45) is 4.52. The molecule has 94 valence electrons. The number of hydrogen-bond donors (Lipinski definition) is 2. The van der Waals surface area contributed by atoms with Crippen molar-refractivity contribution in [3.05, 3.63) is 30.4 Å². The molecule has 6 heteroatoms. The maximum atomic E-state index is 10.5. The average Bonchev–Trinajstić information content (AvgIpc) is 2.91. The topological polar surface area (TPSA) is 84.1 Å². The van der Waals surface area contributed by atoms with Gasteiger partial charge in [0, 0.05) is 18.0 Å². The highest BCUT2D eigenvalue weighted by atomic mass is 16.5. The number of nitrogens with one attached hydrogen (secondary N) is 1. The number of pyridine rings is 1. The molecule has 1 aliphatic heterocycles. The van der Waals surface area contributed by atoms with E-state index in [4.69, 9.17) is 4.52 Å². The highest BCUT2D eigenvalue weighted by Gasteiger charge is 2.37. The molecule has 1 saturated heterocycles. The van der Waals surface area contributed by atoms with Gasteiger partial charge in [0.25, 0.3) is 5.89 Å². The summed E-state index contributed by atoms with van der Waals surface area (Å²) in [7, 11) is 0. The molecule has 0 unspecified atom stereocenters. The molecule has 18 heavy (non-hydrogen) atoms. The van der Waals surface area contributed by atoms with Crippen LogP contribution in [0.15, 0.2) is 29.0 Å². The molecule has 2 aromatic heterocycles. The van der Waals surface area contributed by atoms with Gasteiger partial charge in [-0.3, -0.25) is 4.98 Å². The van der Waals surface area contributed by atoms with Crippen molar-refractivity contribution in [3.8, 4) is 11.4 Å². The largest absolute Gasteiger partial charge is 0.380 e. The molecule has 0 radical (unpaired) electrons. The summed E-state index contributed by atoms with van der Waals surface area (Å²) in [4.78, 5) is 8.29. The van der Waals surface area contributed by atoms with E-state index < -0.39 is 5.60 Å². The number of aliphatic hydroxyl groups is 1. The molecule has 2 aromatic rings. The van der Waals surface area contributed by atoms with E-state index in [0.29, 0.717) is 24.6 Å². The maximum absolute atomic E-state index is 10.5. The Labute approximate surface area is 104 Å². The summed E-state index contributed by atoms with van der Waals surface area (Å²) in [6.45, 7) is 1.50. The molecule has 3 heterocycles. The summed E-state index contributed by atoms with van der Waals surface area (Å²) in [6, 6.07) is 3.67. The van der Waals surface area contributed by atoms with Crippen molar-refractivity contribution < 1.29 is 9.63 Å². The Morgan fingerprint density at radius 1 is 1.33 bits per heavy atom. The maximum Gasteiger partial charge on any atom is 0.259 e. The molecule has 2 N–H and O–H groups in total. The van der Waals surface area contributed by atoms with E-state index in [0.717, 1.165) is 18.7 Å². The van der Waals surface area contributed by atoms with Gasteiger partial charge in [0.1, 0.15) is 5.60 Å². The summed E-state index contributed by atoms with van der Waals surface area (Å²) in [5.41, 5.74) is -0.219. The fourth-order valence-electron chi connectivity index (χ4n) is 2.08. The van der Waals surface area contributed by atoms with Crippen molar-refractivity contribution in [3.63, 3.8) is 0 Å². The standard InChI is InChI=1S/C12H14N4O2/c17-12(3-6-13-7-4-12)11-15-10(16-18-11)9-2-1-5-14-8-9/h1-2,5,8,13,17H,3-4,6-7H2. The van der Waals surface area contributed by atoms with Gasteiger partial charge >= 0.3 is 0 Å². The average molecular weight is 246 g/mol. The molecule has 0 spiro atoms. The van der Waals surface area contributed by atoms with Crippen LogP contribution >= 0.6 is 0 Å². The third-order valence-corrected chi connectivity index (χ3v) is 3.17. The predicted octanol–water partition coefficient (Wildman–Crippen LogP) is 0.703. The first kappa shape index (κ1) is 11.3. The lowest BCUT2D eigenvalue weighted by Gasteiger charge is -2.28. The number of hydrogen-bond acceptors (Lipinski definition) is 6. The molecule has 6 nitrogen and oxygen atoms in total. The van der Waals surface area contributed by atoms with Gasteiger partial charge < -0.3 is 14.9 Å². The van der Waals surface area contributed by atoms with E-state index in [-0.39, 0.29) is 0 Å². The minimum atomic E-state index is -1.00. The van der Waals surface area contributed by atoms with Gasteiger partial charge in [-0.1, -0.05) is 5.16 Å². The minimum Gasteiger partial charge on any atom is -0.380 e. The number of rotatable bonds is 2. The van der Waals surface area contributed by atoms with Crippen LogP contribution in [0.2, 0.25) is 0 Å². The van der Waals surface area contributed by atoms with Crippen molar-refractivity contribution in [2.75, 3.05) is 13.1 Å². The first-order chi connectivity index (χ1) is 8.78. The van der Waals surface area contributed by atoms with Crippen LogP contribution in [0.4, 0.5) is 0 Å². The monoisotopic (exact) mass is 246 g/mol. The molecule has 0 aliphatic carbocycles. The van der Waals surface area contributed by atoms with Crippen molar-refractivity contribution >= 4 is 0 Å². The van der Waals surface area contributed by atoms with Crippen molar-refractivity contribution in [1.29, 1.82) is 0 Å². The van der Waals surface area contributed by atoms with Crippen molar-refractivity contribution in [2.24, 2.45) is 0 Å². The smallest absolute Gasteiger partial charge is 0.259 e. The highest BCUT2D eigenvalue weighted by Crippen LogP contribution is 2.30. The molecule has 3 rings (SSSR count). The lowest BCUT2D eigenvalue weighted by atomic mass is 9.92. The summed E-state index contributed by atoms with van der Waals surface area (Å²) < 4.78 is 5.19. The molecule has 1 aliphatic rings. The highest BCUT2D eigenvalue weighted by molar-refractivity contribution is 5.51. The molecule has 0 atom stereocenters.